The first-order valence-corrected chi connectivity index (χ1v) is 10.2. The molecule has 2 aliphatic rings. The van der Waals surface area contributed by atoms with Crippen molar-refractivity contribution in [3.8, 4) is 0 Å². The minimum absolute atomic E-state index is 0.0469. The standard InChI is InChI=1S/C23H32O3/c1-16-12-13-20(23(2,3)18-9-5-4-6-10-18)21(14-16)26-22(25)17-8-7-11-19(24)15-17/h4-6,9-10,16-17,20-21H,7-8,11-15H2,1-3H3/t16-,17?,20-,21-/m1/s1. The Bertz CT molecular complexity index is 634. The van der Waals surface area contributed by atoms with Gasteiger partial charge in [0.1, 0.15) is 11.9 Å². The molecule has 0 saturated heterocycles. The molecule has 3 rings (SSSR count). The fourth-order valence-electron chi connectivity index (χ4n) is 4.84. The molecule has 2 fully saturated rings. The predicted octanol–water partition coefficient (Wildman–Crippen LogP) is 5.07. The van der Waals surface area contributed by atoms with Crippen LogP contribution in [-0.2, 0) is 19.7 Å². The maximum absolute atomic E-state index is 12.8. The van der Waals surface area contributed by atoms with Gasteiger partial charge in [0.15, 0.2) is 0 Å². The van der Waals surface area contributed by atoms with E-state index in [0.717, 1.165) is 25.7 Å². The fraction of sp³-hybridized carbons (Fsp3) is 0.652. The topological polar surface area (TPSA) is 43.4 Å². The zero-order valence-electron chi connectivity index (χ0n) is 16.4. The van der Waals surface area contributed by atoms with Crippen molar-refractivity contribution in [3.63, 3.8) is 0 Å². The molecule has 0 amide bonds. The number of ketones is 1. The Labute approximate surface area is 157 Å². The minimum atomic E-state index is -0.228. The summed E-state index contributed by atoms with van der Waals surface area (Å²) in [5.41, 5.74) is 1.25. The van der Waals surface area contributed by atoms with Crippen LogP contribution in [0.2, 0.25) is 0 Å². The van der Waals surface area contributed by atoms with Crippen molar-refractivity contribution in [2.45, 2.75) is 77.2 Å². The summed E-state index contributed by atoms with van der Waals surface area (Å²) >= 11 is 0. The quantitative estimate of drug-likeness (QED) is 0.707. The lowest BCUT2D eigenvalue weighted by atomic mass is 9.64. The average Bonchev–Trinajstić information content (AvgIpc) is 2.62. The van der Waals surface area contributed by atoms with Crippen molar-refractivity contribution in [3.05, 3.63) is 35.9 Å². The highest BCUT2D eigenvalue weighted by atomic mass is 16.5. The first-order chi connectivity index (χ1) is 12.4. The van der Waals surface area contributed by atoms with Crippen LogP contribution in [0.5, 0.6) is 0 Å². The third-order valence-electron chi connectivity index (χ3n) is 6.58. The van der Waals surface area contributed by atoms with Gasteiger partial charge in [0.25, 0.3) is 0 Å². The molecule has 0 aliphatic heterocycles. The van der Waals surface area contributed by atoms with Gasteiger partial charge in [0.05, 0.1) is 5.92 Å². The molecule has 4 atom stereocenters. The van der Waals surface area contributed by atoms with E-state index in [4.69, 9.17) is 4.74 Å². The molecule has 0 N–H and O–H groups in total. The summed E-state index contributed by atoms with van der Waals surface area (Å²) in [6.07, 6.45) is 5.72. The summed E-state index contributed by atoms with van der Waals surface area (Å²) in [5.74, 6) is 0.712. The highest BCUT2D eigenvalue weighted by Gasteiger charge is 2.42. The zero-order valence-corrected chi connectivity index (χ0v) is 16.4. The number of carbonyl (C=O) groups excluding carboxylic acids is 2. The van der Waals surface area contributed by atoms with E-state index in [2.05, 4.69) is 45.0 Å². The Morgan fingerprint density at radius 1 is 1.12 bits per heavy atom. The van der Waals surface area contributed by atoms with Gasteiger partial charge in [-0.25, -0.2) is 0 Å². The van der Waals surface area contributed by atoms with Gasteiger partial charge >= 0.3 is 5.97 Å². The van der Waals surface area contributed by atoms with Gasteiger partial charge < -0.3 is 4.74 Å². The van der Waals surface area contributed by atoms with Crippen molar-refractivity contribution < 1.29 is 14.3 Å². The fourth-order valence-corrected chi connectivity index (χ4v) is 4.84. The van der Waals surface area contributed by atoms with E-state index in [-0.39, 0.29) is 29.2 Å². The molecular weight excluding hydrogens is 324 g/mol. The van der Waals surface area contributed by atoms with Gasteiger partial charge in [-0.05, 0) is 42.6 Å². The van der Waals surface area contributed by atoms with Crippen molar-refractivity contribution in [2.75, 3.05) is 0 Å². The number of hydrogen-bond acceptors (Lipinski definition) is 3. The molecule has 26 heavy (non-hydrogen) atoms. The maximum atomic E-state index is 12.8. The third kappa shape index (κ3) is 4.19. The molecule has 0 aromatic heterocycles. The number of esters is 1. The van der Waals surface area contributed by atoms with Crippen LogP contribution in [0.15, 0.2) is 30.3 Å². The Morgan fingerprint density at radius 3 is 2.54 bits per heavy atom. The molecule has 142 valence electrons. The van der Waals surface area contributed by atoms with Gasteiger partial charge in [-0.15, -0.1) is 0 Å². The van der Waals surface area contributed by atoms with Gasteiger partial charge in [-0.1, -0.05) is 57.5 Å². The highest BCUT2D eigenvalue weighted by molar-refractivity contribution is 5.85. The van der Waals surface area contributed by atoms with Crippen LogP contribution in [0.3, 0.4) is 0 Å². The van der Waals surface area contributed by atoms with Gasteiger partial charge in [0, 0.05) is 18.8 Å². The van der Waals surface area contributed by atoms with Crippen molar-refractivity contribution in [1.29, 1.82) is 0 Å². The van der Waals surface area contributed by atoms with E-state index < -0.39 is 0 Å². The van der Waals surface area contributed by atoms with Crippen LogP contribution in [0.1, 0.15) is 71.3 Å². The lowest BCUT2D eigenvalue weighted by molar-refractivity contribution is -0.163. The van der Waals surface area contributed by atoms with Crippen LogP contribution >= 0.6 is 0 Å². The van der Waals surface area contributed by atoms with Crippen molar-refractivity contribution in [1.82, 2.24) is 0 Å². The number of ether oxygens (including phenoxy) is 1. The van der Waals surface area contributed by atoms with Gasteiger partial charge in [-0.2, -0.15) is 0 Å². The molecule has 2 aliphatic carbocycles. The molecular formula is C23H32O3. The van der Waals surface area contributed by atoms with Gasteiger partial charge in [-0.3, -0.25) is 9.59 Å². The Balaban J connectivity index is 1.76. The average molecular weight is 357 g/mol. The molecule has 3 heteroatoms. The monoisotopic (exact) mass is 356 g/mol. The van der Waals surface area contributed by atoms with E-state index in [0.29, 0.717) is 24.7 Å². The predicted molar refractivity (Wildman–Crippen MR) is 103 cm³/mol. The van der Waals surface area contributed by atoms with Crippen LogP contribution in [-0.4, -0.2) is 17.9 Å². The smallest absolute Gasteiger partial charge is 0.309 e. The maximum Gasteiger partial charge on any atom is 0.309 e. The molecule has 2 saturated carbocycles. The third-order valence-corrected chi connectivity index (χ3v) is 6.58. The van der Waals surface area contributed by atoms with Crippen LogP contribution in [0.25, 0.3) is 0 Å². The van der Waals surface area contributed by atoms with E-state index in [9.17, 15) is 9.59 Å². The summed E-state index contributed by atoms with van der Waals surface area (Å²) in [6, 6.07) is 10.6. The van der Waals surface area contributed by atoms with Crippen molar-refractivity contribution in [2.24, 2.45) is 17.8 Å². The molecule has 3 nitrogen and oxygen atoms in total. The second kappa shape index (κ2) is 7.94. The van der Waals surface area contributed by atoms with E-state index in [1.165, 1.54) is 12.0 Å². The molecule has 0 bridgehead atoms. The summed E-state index contributed by atoms with van der Waals surface area (Å²) in [6.45, 7) is 6.79. The summed E-state index contributed by atoms with van der Waals surface area (Å²) < 4.78 is 6.08. The number of carbonyl (C=O) groups is 2. The normalized spacial score (nSPS) is 30.0. The highest BCUT2D eigenvalue weighted by Crippen LogP contribution is 2.44. The zero-order chi connectivity index (χ0) is 18.7. The lowest BCUT2D eigenvalue weighted by Crippen LogP contribution is -2.44. The SMILES string of the molecule is C[C@@H]1CC[C@@H](C(C)(C)c2ccccc2)[C@H](OC(=O)C2CCCC(=O)C2)C1. The number of hydrogen-bond donors (Lipinski definition) is 0. The Kier molecular flexibility index (Phi) is 5.84. The molecule has 0 heterocycles. The minimum Gasteiger partial charge on any atom is -0.462 e. The molecule has 0 radical (unpaired) electrons. The summed E-state index contributed by atoms with van der Waals surface area (Å²) in [5, 5.41) is 0. The van der Waals surface area contributed by atoms with E-state index >= 15 is 0 Å². The molecule has 1 unspecified atom stereocenters. The number of rotatable bonds is 4. The second-order valence-corrected chi connectivity index (χ2v) is 8.92. The van der Waals surface area contributed by atoms with E-state index in [1.54, 1.807) is 0 Å². The Hall–Kier alpha value is -1.64. The Morgan fingerprint density at radius 2 is 1.85 bits per heavy atom. The molecule has 0 spiro atoms. The molecule has 1 aromatic carbocycles. The summed E-state index contributed by atoms with van der Waals surface area (Å²) in [7, 11) is 0. The van der Waals surface area contributed by atoms with E-state index in [1.807, 2.05) is 6.07 Å². The second-order valence-electron chi connectivity index (χ2n) is 8.92. The summed E-state index contributed by atoms with van der Waals surface area (Å²) in [4.78, 5) is 24.5. The first kappa shape index (κ1) is 19.1. The van der Waals surface area contributed by atoms with Crippen molar-refractivity contribution >= 4 is 11.8 Å². The van der Waals surface area contributed by atoms with Crippen LogP contribution < -0.4 is 0 Å². The number of benzene rings is 1. The number of Topliss-reactive ketones (excluding diaryl/α,β-unsaturated/α-hetero) is 1. The van der Waals surface area contributed by atoms with Crippen LogP contribution in [0.4, 0.5) is 0 Å². The lowest BCUT2D eigenvalue weighted by Gasteiger charge is -2.44. The molecule has 1 aromatic rings. The van der Waals surface area contributed by atoms with Crippen LogP contribution in [0, 0.1) is 17.8 Å². The first-order valence-electron chi connectivity index (χ1n) is 10.2. The van der Waals surface area contributed by atoms with Gasteiger partial charge in [0.2, 0.25) is 0 Å². The largest absolute Gasteiger partial charge is 0.462 e.